The Morgan fingerprint density at radius 2 is 2.06 bits per heavy atom. The zero-order valence-electron chi connectivity index (χ0n) is 9.08. The van der Waals surface area contributed by atoms with Crippen LogP contribution in [0.25, 0.3) is 11.0 Å². The smallest absolute Gasteiger partial charge is 0.420 e. The van der Waals surface area contributed by atoms with Crippen LogP contribution in [0, 0.1) is 0 Å². The normalized spacial score (nSPS) is 14.2. The van der Waals surface area contributed by atoms with E-state index in [1.54, 1.807) is 13.0 Å². The molecule has 0 aliphatic carbocycles. The Morgan fingerprint density at radius 3 is 2.65 bits per heavy atom. The van der Waals surface area contributed by atoms with Gasteiger partial charge in [-0.15, -0.1) is 0 Å². The monoisotopic (exact) mass is 244 g/mol. The molecule has 2 rings (SSSR count). The highest BCUT2D eigenvalue weighted by atomic mass is 19.4. The van der Waals surface area contributed by atoms with E-state index in [9.17, 15) is 18.3 Å². The van der Waals surface area contributed by atoms with Gasteiger partial charge < -0.3 is 9.52 Å². The highest BCUT2D eigenvalue weighted by molar-refractivity contribution is 5.84. The van der Waals surface area contributed by atoms with Gasteiger partial charge >= 0.3 is 6.18 Å². The first-order chi connectivity index (χ1) is 7.89. The number of alkyl halides is 3. The molecular weight excluding hydrogens is 233 g/mol. The van der Waals surface area contributed by atoms with Gasteiger partial charge in [0, 0.05) is 17.4 Å². The Bertz CT molecular complexity index is 526. The van der Waals surface area contributed by atoms with Crippen molar-refractivity contribution in [1.29, 1.82) is 0 Å². The number of fused-ring (bicyclic) bond motifs is 1. The summed E-state index contributed by atoms with van der Waals surface area (Å²) in [4.78, 5) is 0. The summed E-state index contributed by atoms with van der Waals surface area (Å²) >= 11 is 0. The van der Waals surface area contributed by atoms with Crippen LogP contribution in [-0.2, 0) is 12.6 Å². The van der Waals surface area contributed by atoms with E-state index in [0.717, 1.165) is 6.07 Å². The fraction of sp³-hybridized carbons (Fsp3) is 0.333. The molecule has 0 fully saturated rings. The third-order valence-corrected chi connectivity index (χ3v) is 2.50. The van der Waals surface area contributed by atoms with Crippen molar-refractivity contribution >= 4 is 11.0 Å². The van der Waals surface area contributed by atoms with Crippen LogP contribution in [0.15, 0.2) is 28.9 Å². The molecule has 1 aromatic heterocycles. The third-order valence-electron chi connectivity index (χ3n) is 2.50. The third kappa shape index (κ3) is 2.29. The summed E-state index contributed by atoms with van der Waals surface area (Å²) in [5.74, 6) is 0. The van der Waals surface area contributed by atoms with Crippen LogP contribution in [0.3, 0.4) is 0 Å². The summed E-state index contributed by atoms with van der Waals surface area (Å²) in [5, 5.41) is 9.65. The zero-order chi connectivity index (χ0) is 12.6. The summed E-state index contributed by atoms with van der Waals surface area (Å²) in [6.45, 7) is 1.58. The molecule has 0 aliphatic heterocycles. The van der Waals surface area contributed by atoms with Crippen LogP contribution < -0.4 is 0 Å². The summed E-state index contributed by atoms with van der Waals surface area (Å²) < 4.78 is 43.0. The minimum Gasteiger partial charge on any atom is -0.463 e. The summed E-state index contributed by atoms with van der Waals surface area (Å²) in [6, 6.07) is 3.88. The predicted octanol–water partition coefficient (Wildman–Crippen LogP) is 3.37. The molecule has 92 valence electrons. The minimum atomic E-state index is -4.43. The molecular formula is C12H11F3O2. The Kier molecular flexibility index (Phi) is 2.87. The van der Waals surface area contributed by atoms with Crippen molar-refractivity contribution in [3.8, 4) is 0 Å². The molecule has 1 atom stereocenters. The second-order valence-electron chi connectivity index (χ2n) is 3.99. The Morgan fingerprint density at radius 1 is 1.35 bits per heavy atom. The quantitative estimate of drug-likeness (QED) is 0.878. The van der Waals surface area contributed by atoms with Crippen molar-refractivity contribution in [2.24, 2.45) is 0 Å². The fourth-order valence-electron chi connectivity index (χ4n) is 1.81. The number of hydrogen-bond donors (Lipinski definition) is 1. The minimum absolute atomic E-state index is 0.171. The van der Waals surface area contributed by atoms with Gasteiger partial charge in [0.05, 0.1) is 17.9 Å². The first kappa shape index (κ1) is 12.0. The first-order valence-electron chi connectivity index (χ1n) is 5.14. The Hall–Kier alpha value is -1.49. The average molecular weight is 244 g/mol. The van der Waals surface area contributed by atoms with Crippen molar-refractivity contribution in [3.05, 3.63) is 35.6 Å². The van der Waals surface area contributed by atoms with E-state index in [2.05, 4.69) is 0 Å². The number of aliphatic hydroxyl groups excluding tert-OH is 1. The second-order valence-corrected chi connectivity index (χ2v) is 3.99. The van der Waals surface area contributed by atoms with Crippen LogP contribution in [-0.4, -0.2) is 11.2 Å². The highest BCUT2D eigenvalue weighted by Gasteiger charge is 2.34. The molecule has 1 unspecified atom stereocenters. The Balaban J connectivity index is 2.57. The predicted molar refractivity (Wildman–Crippen MR) is 56.6 cm³/mol. The van der Waals surface area contributed by atoms with Crippen molar-refractivity contribution in [2.75, 3.05) is 0 Å². The number of furan rings is 1. The lowest BCUT2D eigenvalue weighted by Crippen LogP contribution is -2.05. The lowest BCUT2D eigenvalue weighted by molar-refractivity contribution is -0.136. The number of rotatable bonds is 2. The molecule has 5 heteroatoms. The highest BCUT2D eigenvalue weighted by Crippen LogP contribution is 2.36. The summed E-state index contributed by atoms with van der Waals surface area (Å²) in [7, 11) is 0. The lowest BCUT2D eigenvalue weighted by Gasteiger charge is -2.07. The van der Waals surface area contributed by atoms with Crippen LogP contribution in [0.1, 0.15) is 18.1 Å². The van der Waals surface area contributed by atoms with Gasteiger partial charge in [-0.3, -0.25) is 0 Å². The number of hydrogen-bond acceptors (Lipinski definition) is 2. The van der Waals surface area contributed by atoms with Crippen LogP contribution in [0.4, 0.5) is 13.2 Å². The van der Waals surface area contributed by atoms with Gasteiger partial charge in [-0.25, -0.2) is 0 Å². The van der Waals surface area contributed by atoms with Gasteiger partial charge in [-0.05, 0) is 13.0 Å². The topological polar surface area (TPSA) is 33.4 Å². The second kappa shape index (κ2) is 4.07. The van der Waals surface area contributed by atoms with Crippen molar-refractivity contribution in [3.63, 3.8) is 0 Å². The van der Waals surface area contributed by atoms with Crippen LogP contribution in [0.5, 0.6) is 0 Å². The molecule has 0 amide bonds. The summed E-state index contributed by atoms with van der Waals surface area (Å²) in [6.07, 6.45) is -3.51. The molecule has 1 heterocycles. The number of para-hydroxylation sites is 1. The van der Waals surface area contributed by atoms with Gasteiger partial charge in [-0.1, -0.05) is 12.1 Å². The lowest BCUT2D eigenvalue weighted by atomic mass is 10.1. The van der Waals surface area contributed by atoms with Crippen LogP contribution >= 0.6 is 0 Å². The maximum Gasteiger partial charge on any atom is 0.420 e. The van der Waals surface area contributed by atoms with Crippen molar-refractivity contribution in [2.45, 2.75) is 25.6 Å². The van der Waals surface area contributed by atoms with E-state index in [4.69, 9.17) is 4.42 Å². The van der Waals surface area contributed by atoms with E-state index in [1.807, 2.05) is 0 Å². The molecule has 17 heavy (non-hydrogen) atoms. The molecule has 0 aliphatic rings. The first-order valence-corrected chi connectivity index (χ1v) is 5.14. The molecule has 1 aromatic carbocycles. The average Bonchev–Trinajstić information content (AvgIpc) is 2.59. The van der Waals surface area contributed by atoms with Gasteiger partial charge in [0.2, 0.25) is 0 Å². The maximum atomic E-state index is 12.7. The Labute approximate surface area is 95.7 Å². The SMILES string of the molecule is CC(O)Cc1coc2c(C(F)(F)F)cccc12. The number of aliphatic hydroxyl groups is 1. The largest absolute Gasteiger partial charge is 0.463 e. The molecule has 0 radical (unpaired) electrons. The van der Waals surface area contributed by atoms with Gasteiger partial charge in [0.25, 0.3) is 0 Å². The summed E-state index contributed by atoms with van der Waals surface area (Å²) in [5.41, 5.74) is -0.372. The molecule has 0 spiro atoms. The number of benzene rings is 1. The van der Waals surface area contributed by atoms with Crippen LogP contribution in [0.2, 0.25) is 0 Å². The fourth-order valence-corrected chi connectivity index (χ4v) is 1.81. The molecule has 2 nitrogen and oxygen atoms in total. The molecule has 0 saturated heterocycles. The van der Waals surface area contributed by atoms with Gasteiger partial charge in [0.1, 0.15) is 5.58 Å². The zero-order valence-corrected chi connectivity index (χ0v) is 9.08. The van der Waals surface area contributed by atoms with E-state index in [-0.39, 0.29) is 12.0 Å². The number of halogens is 3. The maximum absolute atomic E-state index is 12.7. The van der Waals surface area contributed by atoms with Gasteiger partial charge in [-0.2, -0.15) is 13.2 Å². The van der Waals surface area contributed by atoms with E-state index >= 15 is 0 Å². The van der Waals surface area contributed by atoms with E-state index in [0.29, 0.717) is 10.9 Å². The van der Waals surface area contributed by atoms with E-state index in [1.165, 1.54) is 12.3 Å². The molecule has 1 N–H and O–H groups in total. The van der Waals surface area contributed by atoms with E-state index < -0.39 is 17.8 Å². The molecule has 0 bridgehead atoms. The molecule has 2 aromatic rings. The van der Waals surface area contributed by atoms with Crippen molar-refractivity contribution in [1.82, 2.24) is 0 Å². The molecule has 0 saturated carbocycles. The standard InChI is InChI=1S/C12H11F3O2/c1-7(16)5-8-6-17-11-9(8)3-2-4-10(11)12(13,14)15/h2-4,6-7,16H,5H2,1H3. The van der Waals surface area contributed by atoms with Gasteiger partial charge in [0.15, 0.2) is 0 Å². The van der Waals surface area contributed by atoms with Crippen molar-refractivity contribution < 1.29 is 22.7 Å².